The SMILES string of the molecule is CCCN1CCC(Nc2cc(C#N)cc(C)n2)CC1. The molecule has 4 heteroatoms. The number of rotatable bonds is 4. The maximum atomic E-state index is 8.97. The molecule has 1 saturated heterocycles. The summed E-state index contributed by atoms with van der Waals surface area (Å²) < 4.78 is 0. The summed E-state index contributed by atoms with van der Waals surface area (Å²) in [5.41, 5.74) is 1.57. The van der Waals surface area contributed by atoms with Gasteiger partial charge in [-0.2, -0.15) is 5.26 Å². The number of nitrogens with zero attached hydrogens (tertiary/aromatic N) is 3. The van der Waals surface area contributed by atoms with Gasteiger partial charge in [-0.05, 0) is 44.9 Å². The molecule has 0 amide bonds. The van der Waals surface area contributed by atoms with Crippen molar-refractivity contribution < 1.29 is 0 Å². The van der Waals surface area contributed by atoms with Crippen LogP contribution in [0.5, 0.6) is 0 Å². The predicted octanol–water partition coefficient (Wildman–Crippen LogP) is 2.55. The average molecular weight is 258 g/mol. The molecule has 0 bridgehead atoms. The van der Waals surface area contributed by atoms with E-state index in [2.05, 4.69) is 28.2 Å². The summed E-state index contributed by atoms with van der Waals surface area (Å²) in [6.07, 6.45) is 3.53. The lowest BCUT2D eigenvalue weighted by molar-refractivity contribution is 0.219. The number of aryl methyl sites for hydroxylation is 1. The average Bonchev–Trinajstić information content (AvgIpc) is 2.40. The van der Waals surface area contributed by atoms with Gasteiger partial charge in [-0.3, -0.25) is 0 Å². The van der Waals surface area contributed by atoms with Gasteiger partial charge in [0.25, 0.3) is 0 Å². The molecule has 1 fully saturated rings. The Morgan fingerprint density at radius 2 is 2.16 bits per heavy atom. The second kappa shape index (κ2) is 6.53. The zero-order chi connectivity index (χ0) is 13.7. The molecule has 0 saturated carbocycles. The highest BCUT2D eigenvalue weighted by Gasteiger charge is 2.18. The van der Waals surface area contributed by atoms with E-state index in [9.17, 15) is 0 Å². The van der Waals surface area contributed by atoms with Gasteiger partial charge in [-0.1, -0.05) is 6.92 Å². The summed E-state index contributed by atoms with van der Waals surface area (Å²) in [5.74, 6) is 0.838. The number of hydrogen-bond donors (Lipinski definition) is 1. The molecule has 19 heavy (non-hydrogen) atoms. The van der Waals surface area contributed by atoms with Crippen molar-refractivity contribution in [3.05, 3.63) is 23.4 Å². The number of pyridine rings is 1. The van der Waals surface area contributed by atoms with Crippen molar-refractivity contribution in [2.24, 2.45) is 0 Å². The van der Waals surface area contributed by atoms with Gasteiger partial charge in [0.1, 0.15) is 5.82 Å². The molecule has 0 unspecified atom stereocenters. The molecule has 1 aliphatic rings. The van der Waals surface area contributed by atoms with E-state index in [1.165, 1.54) is 13.0 Å². The summed E-state index contributed by atoms with van der Waals surface area (Å²) in [7, 11) is 0. The van der Waals surface area contributed by atoms with Gasteiger partial charge in [0.2, 0.25) is 0 Å². The Bertz CT molecular complexity index is 456. The summed E-state index contributed by atoms with van der Waals surface area (Å²) >= 11 is 0. The van der Waals surface area contributed by atoms with E-state index in [4.69, 9.17) is 5.26 Å². The van der Waals surface area contributed by atoms with Crippen LogP contribution < -0.4 is 5.32 Å². The van der Waals surface area contributed by atoms with E-state index in [-0.39, 0.29) is 0 Å². The molecule has 2 heterocycles. The fourth-order valence-electron chi connectivity index (χ4n) is 2.63. The van der Waals surface area contributed by atoms with Crippen LogP contribution >= 0.6 is 0 Å². The Labute approximate surface area is 115 Å². The van der Waals surface area contributed by atoms with Crippen LogP contribution in [0.4, 0.5) is 5.82 Å². The van der Waals surface area contributed by atoms with Crippen molar-refractivity contribution in [3.63, 3.8) is 0 Å². The van der Waals surface area contributed by atoms with Gasteiger partial charge in [0, 0.05) is 24.8 Å². The van der Waals surface area contributed by atoms with Gasteiger partial charge >= 0.3 is 0 Å². The summed E-state index contributed by atoms with van der Waals surface area (Å²) in [5, 5.41) is 12.4. The molecule has 1 aromatic heterocycles. The molecular formula is C15H22N4. The van der Waals surface area contributed by atoms with E-state index in [0.717, 1.165) is 37.4 Å². The maximum absolute atomic E-state index is 8.97. The van der Waals surface area contributed by atoms with Crippen molar-refractivity contribution in [2.45, 2.75) is 39.2 Å². The van der Waals surface area contributed by atoms with Crippen molar-refractivity contribution in [2.75, 3.05) is 25.0 Å². The third kappa shape index (κ3) is 3.93. The number of nitrogens with one attached hydrogen (secondary N) is 1. The van der Waals surface area contributed by atoms with E-state index in [1.807, 2.05) is 19.1 Å². The van der Waals surface area contributed by atoms with Crippen molar-refractivity contribution in [1.82, 2.24) is 9.88 Å². The van der Waals surface area contributed by atoms with Crippen LogP contribution in [0.3, 0.4) is 0 Å². The summed E-state index contributed by atoms with van der Waals surface area (Å²) in [6.45, 7) is 7.67. The van der Waals surface area contributed by atoms with E-state index in [0.29, 0.717) is 11.6 Å². The lowest BCUT2D eigenvalue weighted by Gasteiger charge is -2.32. The number of piperidine rings is 1. The first-order valence-corrected chi connectivity index (χ1v) is 7.09. The molecule has 1 N–H and O–H groups in total. The van der Waals surface area contributed by atoms with Crippen molar-refractivity contribution >= 4 is 5.82 Å². The van der Waals surface area contributed by atoms with Crippen LogP contribution in [-0.2, 0) is 0 Å². The zero-order valence-electron chi connectivity index (χ0n) is 11.8. The minimum absolute atomic E-state index is 0.481. The number of aromatic nitrogens is 1. The Balaban J connectivity index is 1.92. The molecule has 2 rings (SSSR count). The van der Waals surface area contributed by atoms with Crippen LogP contribution in [0, 0.1) is 18.3 Å². The molecule has 0 aromatic carbocycles. The van der Waals surface area contributed by atoms with E-state index < -0.39 is 0 Å². The fraction of sp³-hybridized carbons (Fsp3) is 0.600. The van der Waals surface area contributed by atoms with Gasteiger partial charge < -0.3 is 10.2 Å². The van der Waals surface area contributed by atoms with Crippen LogP contribution in [0.15, 0.2) is 12.1 Å². The molecule has 0 atom stereocenters. The third-order valence-corrected chi connectivity index (χ3v) is 3.56. The van der Waals surface area contributed by atoms with Crippen LogP contribution in [0.2, 0.25) is 0 Å². The largest absolute Gasteiger partial charge is 0.367 e. The Morgan fingerprint density at radius 1 is 1.42 bits per heavy atom. The highest BCUT2D eigenvalue weighted by atomic mass is 15.1. The van der Waals surface area contributed by atoms with Crippen molar-refractivity contribution in [1.29, 1.82) is 5.26 Å². The lowest BCUT2D eigenvalue weighted by Crippen LogP contribution is -2.39. The van der Waals surface area contributed by atoms with Crippen LogP contribution in [0.25, 0.3) is 0 Å². The number of hydrogen-bond acceptors (Lipinski definition) is 4. The molecule has 102 valence electrons. The van der Waals surface area contributed by atoms with Crippen molar-refractivity contribution in [3.8, 4) is 6.07 Å². The molecule has 4 nitrogen and oxygen atoms in total. The van der Waals surface area contributed by atoms with Crippen LogP contribution in [0.1, 0.15) is 37.4 Å². The topological polar surface area (TPSA) is 52.0 Å². The zero-order valence-corrected chi connectivity index (χ0v) is 11.8. The normalized spacial score (nSPS) is 17.1. The summed E-state index contributed by atoms with van der Waals surface area (Å²) in [4.78, 5) is 6.97. The van der Waals surface area contributed by atoms with Gasteiger partial charge in [0.15, 0.2) is 0 Å². The number of likely N-dealkylation sites (tertiary alicyclic amines) is 1. The Kier molecular flexibility index (Phi) is 4.75. The molecule has 1 aromatic rings. The number of anilines is 1. The highest BCUT2D eigenvalue weighted by Crippen LogP contribution is 2.17. The first-order valence-electron chi connectivity index (χ1n) is 7.09. The molecule has 0 aliphatic carbocycles. The number of nitriles is 1. The lowest BCUT2D eigenvalue weighted by atomic mass is 10.0. The van der Waals surface area contributed by atoms with Gasteiger partial charge in [-0.25, -0.2) is 4.98 Å². The minimum atomic E-state index is 0.481. The quantitative estimate of drug-likeness (QED) is 0.901. The first kappa shape index (κ1) is 13.8. The Morgan fingerprint density at radius 3 is 2.79 bits per heavy atom. The third-order valence-electron chi connectivity index (χ3n) is 3.56. The van der Waals surface area contributed by atoms with Crippen LogP contribution in [-0.4, -0.2) is 35.6 Å². The molecule has 0 radical (unpaired) electrons. The second-order valence-electron chi connectivity index (χ2n) is 5.25. The highest BCUT2D eigenvalue weighted by molar-refractivity contribution is 5.45. The molecule has 1 aliphatic heterocycles. The van der Waals surface area contributed by atoms with Gasteiger partial charge in [-0.15, -0.1) is 0 Å². The second-order valence-corrected chi connectivity index (χ2v) is 5.25. The first-order chi connectivity index (χ1) is 9.21. The minimum Gasteiger partial charge on any atom is -0.367 e. The predicted molar refractivity (Wildman–Crippen MR) is 77.1 cm³/mol. The molecule has 0 spiro atoms. The standard InChI is InChI=1S/C15H22N4/c1-3-6-19-7-4-14(5-8-19)18-15-10-13(11-16)9-12(2)17-15/h9-10,14H,3-8H2,1-2H3,(H,17,18). The van der Waals surface area contributed by atoms with Gasteiger partial charge in [0.05, 0.1) is 11.6 Å². The molecular weight excluding hydrogens is 236 g/mol. The fourth-order valence-corrected chi connectivity index (χ4v) is 2.63. The Hall–Kier alpha value is -1.60. The van der Waals surface area contributed by atoms with E-state index in [1.54, 1.807) is 0 Å². The maximum Gasteiger partial charge on any atom is 0.127 e. The smallest absolute Gasteiger partial charge is 0.127 e. The summed E-state index contributed by atoms with van der Waals surface area (Å²) in [6, 6.07) is 6.31. The monoisotopic (exact) mass is 258 g/mol. The van der Waals surface area contributed by atoms with E-state index >= 15 is 0 Å².